The molecule has 1 heterocycles. The highest BCUT2D eigenvalue weighted by atomic mass is 16.2. The minimum Gasteiger partial charge on any atom is -0.326 e. The molecule has 0 unspecified atom stereocenters. The summed E-state index contributed by atoms with van der Waals surface area (Å²) >= 11 is 0. The summed E-state index contributed by atoms with van der Waals surface area (Å²) < 4.78 is 0. The zero-order valence-corrected chi connectivity index (χ0v) is 17.6. The molecule has 0 radical (unpaired) electrons. The number of piperidine rings is 1. The number of amides is 2. The number of carbonyl (C=O) groups excluding carboxylic acids is 2. The number of nitrogens with zero attached hydrogens (tertiary/aromatic N) is 1. The lowest BCUT2D eigenvalue weighted by Crippen LogP contribution is -2.41. The van der Waals surface area contributed by atoms with E-state index in [1.54, 1.807) is 0 Å². The van der Waals surface area contributed by atoms with Gasteiger partial charge in [-0.2, -0.15) is 0 Å². The van der Waals surface area contributed by atoms with E-state index in [-0.39, 0.29) is 17.7 Å². The lowest BCUT2D eigenvalue weighted by atomic mass is 9.95. The van der Waals surface area contributed by atoms with E-state index in [1.807, 2.05) is 49.4 Å². The lowest BCUT2D eigenvalue weighted by Gasteiger charge is -2.30. The van der Waals surface area contributed by atoms with E-state index in [0.29, 0.717) is 6.54 Å². The summed E-state index contributed by atoms with van der Waals surface area (Å²) in [6, 6.07) is 14.0. The standard InChI is InChI=1S/C24H31N3O2/c1-4-19-6-9-21(10-7-19)26-24(29)20-11-13-27(14-12-20)16-23(28)25-22-8-5-17(2)18(3)15-22/h5-10,15,20H,4,11-14,16H2,1-3H3,(H,25,28)(H,26,29). The molecule has 1 aliphatic heterocycles. The largest absolute Gasteiger partial charge is 0.326 e. The zero-order chi connectivity index (χ0) is 20.8. The molecule has 2 aromatic carbocycles. The first-order valence-corrected chi connectivity index (χ1v) is 10.4. The fraction of sp³-hybridized carbons (Fsp3) is 0.417. The third-order valence-electron chi connectivity index (χ3n) is 5.75. The molecule has 2 amide bonds. The van der Waals surface area contributed by atoms with Gasteiger partial charge in [-0.1, -0.05) is 25.1 Å². The van der Waals surface area contributed by atoms with E-state index in [9.17, 15) is 9.59 Å². The van der Waals surface area contributed by atoms with E-state index in [2.05, 4.69) is 29.4 Å². The van der Waals surface area contributed by atoms with Crippen LogP contribution in [-0.4, -0.2) is 36.3 Å². The van der Waals surface area contributed by atoms with Gasteiger partial charge in [0, 0.05) is 17.3 Å². The normalized spacial score (nSPS) is 15.1. The number of hydrogen-bond acceptors (Lipinski definition) is 3. The molecule has 0 spiro atoms. The van der Waals surface area contributed by atoms with Gasteiger partial charge in [-0.25, -0.2) is 0 Å². The van der Waals surface area contributed by atoms with Gasteiger partial charge in [0.25, 0.3) is 0 Å². The Morgan fingerprint density at radius 1 is 0.931 bits per heavy atom. The number of aryl methyl sites for hydroxylation is 3. The fourth-order valence-corrected chi connectivity index (χ4v) is 3.64. The van der Waals surface area contributed by atoms with Gasteiger partial charge >= 0.3 is 0 Å². The van der Waals surface area contributed by atoms with Gasteiger partial charge < -0.3 is 10.6 Å². The predicted molar refractivity (Wildman–Crippen MR) is 118 cm³/mol. The molecule has 2 aromatic rings. The van der Waals surface area contributed by atoms with Crippen molar-refractivity contribution in [2.75, 3.05) is 30.3 Å². The second-order valence-corrected chi connectivity index (χ2v) is 7.94. The number of anilines is 2. The Hall–Kier alpha value is -2.66. The first-order chi connectivity index (χ1) is 13.9. The molecule has 0 atom stereocenters. The summed E-state index contributed by atoms with van der Waals surface area (Å²) in [5.74, 6) is 0.0700. The molecule has 154 valence electrons. The van der Waals surface area contributed by atoms with Crippen LogP contribution in [0.3, 0.4) is 0 Å². The number of nitrogens with one attached hydrogen (secondary N) is 2. The zero-order valence-electron chi connectivity index (χ0n) is 17.6. The summed E-state index contributed by atoms with van der Waals surface area (Å²) in [6.45, 7) is 8.09. The monoisotopic (exact) mass is 393 g/mol. The van der Waals surface area contributed by atoms with Gasteiger partial charge in [-0.3, -0.25) is 14.5 Å². The van der Waals surface area contributed by atoms with Gasteiger partial charge in [0.2, 0.25) is 11.8 Å². The van der Waals surface area contributed by atoms with Crippen LogP contribution in [0.4, 0.5) is 11.4 Å². The van der Waals surface area contributed by atoms with Crippen LogP contribution in [-0.2, 0) is 16.0 Å². The van der Waals surface area contributed by atoms with E-state index in [4.69, 9.17) is 0 Å². The molecule has 0 aromatic heterocycles. The number of hydrogen-bond donors (Lipinski definition) is 2. The van der Waals surface area contributed by atoms with Crippen molar-refractivity contribution in [2.45, 2.75) is 40.0 Å². The SMILES string of the molecule is CCc1ccc(NC(=O)C2CCN(CC(=O)Nc3ccc(C)c(C)c3)CC2)cc1. The number of benzene rings is 2. The molecule has 5 nitrogen and oxygen atoms in total. The molecule has 0 bridgehead atoms. The summed E-state index contributed by atoms with van der Waals surface area (Å²) in [5, 5.41) is 6.00. The van der Waals surface area contributed by atoms with Crippen molar-refractivity contribution in [3.8, 4) is 0 Å². The first-order valence-electron chi connectivity index (χ1n) is 10.4. The second-order valence-electron chi connectivity index (χ2n) is 7.94. The van der Waals surface area contributed by atoms with Crippen LogP contribution >= 0.6 is 0 Å². The van der Waals surface area contributed by atoms with Crippen molar-refractivity contribution in [1.82, 2.24) is 4.90 Å². The highest BCUT2D eigenvalue weighted by molar-refractivity contribution is 5.93. The molecule has 0 aliphatic carbocycles. The van der Waals surface area contributed by atoms with Gasteiger partial charge in [0.05, 0.1) is 6.54 Å². The van der Waals surface area contributed by atoms with E-state index in [1.165, 1.54) is 16.7 Å². The van der Waals surface area contributed by atoms with Gasteiger partial charge in [-0.15, -0.1) is 0 Å². The third-order valence-corrected chi connectivity index (χ3v) is 5.75. The maximum Gasteiger partial charge on any atom is 0.238 e. The molecular formula is C24H31N3O2. The number of rotatable bonds is 6. The summed E-state index contributed by atoms with van der Waals surface area (Å²) in [5.41, 5.74) is 5.32. The summed E-state index contributed by atoms with van der Waals surface area (Å²) in [7, 11) is 0. The van der Waals surface area contributed by atoms with Crippen LogP contribution in [0.15, 0.2) is 42.5 Å². The molecular weight excluding hydrogens is 362 g/mol. The Morgan fingerprint density at radius 2 is 1.59 bits per heavy atom. The fourth-order valence-electron chi connectivity index (χ4n) is 3.64. The highest BCUT2D eigenvalue weighted by Crippen LogP contribution is 2.20. The molecule has 1 saturated heterocycles. The molecule has 0 saturated carbocycles. The van der Waals surface area contributed by atoms with Crippen molar-refractivity contribution in [3.63, 3.8) is 0 Å². The van der Waals surface area contributed by atoms with Crippen LogP contribution in [0.2, 0.25) is 0 Å². The molecule has 1 aliphatic rings. The Morgan fingerprint density at radius 3 is 2.21 bits per heavy atom. The topological polar surface area (TPSA) is 61.4 Å². The Kier molecular flexibility index (Phi) is 7.04. The van der Waals surface area contributed by atoms with Crippen molar-refractivity contribution in [2.24, 2.45) is 5.92 Å². The van der Waals surface area contributed by atoms with E-state index in [0.717, 1.165) is 43.7 Å². The van der Waals surface area contributed by atoms with Crippen molar-refractivity contribution in [3.05, 3.63) is 59.2 Å². The van der Waals surface area contributed by atoms with Gasteiger partial charge in [-0.05, 0) is 87.2 Å². The minimum atomic E-state index is -0.00725. The van der Waals surface area contributed by atoms with Crippen molar-refractivity contribution >= 4 is 23.2 Å². The molecule has 3 rings (SSSR count). The summed E-state index contributed by atoms with van der Waals surface area (Å²) in [6.07, 6.45) is 2.54. The minimum absolute atomic E-state index is 0.0000824. The van der Waals surface area contributed by atoms with E-state index < -0.39 is 0 Å². The van der Waals surface area contributed by atoms with Crippen molar-refractivity contribution < 1.29 is 9.59 Å². The second kappa shape index (κ2) is 9.70. The quantitative estimate of drug-likeness (QED) is 0.775. The Balaban J connectivity index is 1.43. The predicted octanol–water partition coefficient (Wildman–Crippen LogP) is 4.16. The van der Waals surface area contributed by atoms with Crippen LogP contribution in [0.25, 0.3) is 0 Å². The Labute approximate surface area is 173 Å². The number of likely N-dealkylation sites (tertiary alicyclic amines) is 1. The van der Waals surface area contributed by atoms with E-state index >= 15 is 0 Å². The summed E-state index contributed by atoms with van der Waals surface area (Å²) in [4.78, 5) is 27.0. The Bertz CT molecular complexity index is 853. The third kappa shape index (κ3) is 5.91. The lowest BCUT2D eigenvalue weighted by molar-refractivity contribution is -0.121. The highest BCUT2D eigenvalue weighted by Gasteiger charge is 2.26. The van der Waals surface area contributed by atoms with Gasteiger partial charge in [0.15, 0.2) is 0 Å². The average Bonchev–Trinajstić information content (AvgIpc) is 2.72. The van der Waals surface area contributed by atoms with Crippen LogP contribution in [0, 0.1) is 19.8 Å². The van der Waals surface area contributed by atoms with Crippen LogP contribution in [0.5, 0.6) is 0 Å². The maximum absolute atomic E-state index is 12.5. The van der Waals surface area contributed by atoms with Crippen LogP contribution < -0.4 is 10.6 Å². The molecule has 29 heavy (non-hydrogen) atoms. The maximum atomic E-state index is 12.5. The van der Waals surface area contributed by atoms with Crippen LogP contribution in [0.1, 0.15) is 36.5 Å². The number of carbonyl (C=O) groups is 2. The van der Waals surface area contributed by atoms with Gasteiger partial charge in [0.1, 0.15) is 0 Å². The molecule has 5 heteroatoms. The van der Waals surface area contributed by atoms with Crippen molar-refractivity contribution in [1.29, 1.82) is 0 Å². The molecule has 1 fully saturated rings. The smallest absolute Gasteiger partial charge is 0.238 e. The average molecular weight is 394 g/mol. The first kappa shape index (κ1) is 21.1. The molecule has 2 N–H and O–H groups in total.